The second-order valence-electron chi connectivity index (χ2n) is 6.02. The van der Waals surface area contributed by atoms with Crippen LogP contribution in [0.2, 0.25) is 0 Å². The fourth-order valence-corrected chi connectivity index (χ4v) is 2.17. The summed E-state index contributed by atoms with van der Waals surface area (Å²) in [6, 6.07) is 0. The Balaban J connectivity index is 2.46. The SMILES string of the molecule is CCCn1cc(C2=[N+]([O-])C(C)(C)C(C)(C)N2[O])cn1. The number of nitrogens with zero attached hydrogens (tertiary/aromatic N) is 4. The molecule has 0 spiro atoms. The van der Waals surface area contributed by atoms with Crippen molar-refractivity contribution in [2.45, 2.75) is 58.7 Å². The molecule has 1 aromatic rings. The Morgan fingerprint density at radius 1 is 1.37 bits per heavy atom. The van der Waals surface area contributed by atoms with Gasteiger partial charge in [-0.05, 0) is 34.1 Å². The molecule has 1 aliphatic heterocycles. The molecule has 0 N–H and O–H groups in total. The third-order valence-corrected chi connectivity index (χ3v) is 4.24. The van der Waals surface area contributed by atoms with Crippen molar-refractivity contribution in [3.8, 4) is 0 Å². The van der Waals surface area contributed by atoms with Crippen LogP contribution in [0.3, 0.4) is 0 Å². The van der Waals surface area contributed by atoms with E-state index in [1.54, 1.807) is 44.8 Å². The second-order valence-corrected chi connectivity index (χ2v) is 6.02. The van der Waals surface area contributed by atoms with Gasteiger partial charge in [0.15, 0.2) is 5.54 Å². The zero-order valence-electron chi connectivity index (χ0n) is 12.2. The predicted molar refractivity (Wildman–Crippen MR) is 70.9 cm³/mol. The molecule has 0 atom stereocenters. The number of aromatic nitrogens is 2. The van der Waals surface area contributed by atoms with Gasteiger partial charge in [0.1, 0.15) is 11.1 Å². The van der Waals surface area contributed by atoms with Crippen molar-refractivity contribution in [1.82, 2.24) is 14.8 Å². The van der Waals surface area contributed by atoms with E-state index in [1.165, 1.54) is 0 Å². The summed E-state index contributed by atoms with van der Waals surface area (Å²) in [6.07, 6.45) is 4.29. The predicted octanol–water partition coefficient (Wildman–Crippen LogP) is 1.77. The number of hydrogen-bond donors (Lipinski definition) is 0. The van der Waals surface area contributed by atoms with Gasteiger partial charge in [0, 0.05) is 17.9 Å². The fourth-order valence-electron chi connectivity index (χ4n) is 2.17. The number of aryl methyl sites for hydroxylation is 1. The van der Waals surface area contributed by atoms with Crippen LogP contribution in [0.4, 0.5) is 0 Å². The summed E-state index contributed by atoms with van der Waals surface area (Å²) >= 11 is 0. The van der Waals surface area contributed by atoms with E-state index in [4.69, 9.17) is 0 Å². The molecule has 0 bridgehead atoms. The van der Waals surface area contributed by atoms with Crippen LogP contribution in [0.15, 0.2) is 12.4 Å². The summed E-state index contributed by atoms with van der Waals surface area (Å²) in [5.74, 6) is 0.150. The minimum atomic E-state index is -0.781. The highest BCUT2D eigenvalue weighted by molar-refractivity contribution is 5.95. The molecule has 6 nitrogen and oxygen atoms in total. The summed E-state index contributed by atoms with van der Waals surface area (Å²) < 4.78 is 2.57. The second kappa shape index (κ2) is 4.23. The van der Waals surface area contributed by atoms with Gasteiger partial charge in [-0.1, -0.05) is 12.0 Å². The van der Waals surface area contributed by atoms with Crippen LogP contribution in [-0.2, 0) is 11.8 Å². The van der Waals surface area contributed by atoms with Gasteiger partial charge in [-0.25, -0.2) is 0 Å². The van der Waals surface area contributed by atoms with Crippen LogP contribution in [0.25, 0.3) is 0 Å². The molecule has 2 rings (SSSR count). The Morgan fingerprint density at radius 2 is 2.00 bits per heavy atom. The minimum absolute atomic E-state index is 0.150. The van der Waals surface area contributed by atoms with E-state index in [1.807, 2.05) is 0 Å². The van der Waals surface area contributed by atoms with Gasteiger partial charge in [0.2, 0.25) is 0 Å². The minimum Gasteiger partial charge on any atom is -0.714 e. The molecule has 0 unspecified atom stereocenters. The van der Waals surface area contributed by atoms with Crippen molar-refractivity contribution in [2.75, 3.05) is 0 Å². The summed E-state index contributed by atoms with van der Waals surface area (Å²) in [7, 11) is 0. The molecule has 2 heterocycles. The van der Waals surface area contributed by atoms with Gasteiger partial charge in [-0.15, -0.1) is 0 Å². The first-order valence-electron chi connectivity index (χ1n) is 6.58. The average molecular weight is 265 g/mol. The first-order valence-corrected chi connectivity index (χ1v) is 6.58. The number of hydroxylamine groups is 3. The van der Waals surface area contributed by atoms with Gasteiger partial charge in [-0.2, -0.15) is 5.10 Å². The van der Waals surface area contributed by atoms with E-state index in [9.17, 15) is 10.4 Å². The van der Waals surface area contributed by atoms with Crippen molar-refractivity contribution < 1.29 is 9.95 Å². The van der Waals surface area contributed by atoms with Crippen molar-refractivity contribution in [2.24, 2.45) is 0 Å². The lowest BCUT2D eigenvalue weighted by molar-refractivity contribution is -0.539. The Kier molecular flexibility index (Phi) is 3.09. The Bertz CT molecular complexity index is 516. The lowest BCUT2D eigenvalue weighted by atomic mass is 9.84. The molecule has 1 radical (unpaired) electrons. The number of amidine groups is 1. The lowest BCUT2D eigenvalue weighted by Crippen LogP contribution is -2.53. The van der Waals surface area contributed by atoms with Gasteiger partial charge < -0.3 is 5.21 Å². The van der Waals surface area contributed by atoms with Crippen LogP contribution < -0.4 is 0 Å². The monoisotopic (exact) mass is 265 g/mol. The molecule has 19 heavy (non-hydrogen) atoms. The van der Waals surface area contributed by atoms with Crippen LogP contribution in [0.1, 0.15) is 46.6 Å². The maximum absolute atomic E-state index is 12.4. The highest BCUT2D eigenvalue weighted by atomic mass is 16.5. The van der Waals surface area contributed by atoms with Crippen molar-refractivity contribution in [3.05, 3.63) is 23.2 Å². The standard InChI is InChI=1S/C13H21N4O2/c1-6-7-15-9-10(8-14-15)11-16(18)12(2,3)13(4,5)17(11)19/h8-9H,6-7H2,1-5H3. The normalized spacial score (nSPS) is 21.3. The van der Waals surface area contributed by atoms with Gasteiger partial charge >= 0.3 is 5.84 Å². The molecular formula is C13H21N4O2. The van der Waals surface area contributed by atoms with Crippen molar-refractivity contribution >= 4 is 5.84 Å². The third-order valence-electron chi connectivity index (χ3n) is 4.24. The quantitative estimate of drug-likeness (QED) is 0.618. The topological polar surface area (TPSA) is 67.0 Å². The molecule has 0 fully saturated rings. The smallest absolute Gasteiger partial charge is 0.319 e. The molecule has 0 amide bonds. The summed E-state index contributed by atoms with van der Waals surface area (Å²) in [4.78, 5) is 0. The molecule has 1 aliphatic rings. The lowest BCUT2D eigenvalue weighted by Gasteiger charge is -2.32. The van der Waals surface area contributed by atoms with Crippen LogP contribution in [0.5, 0.6) is 0 Å². The molecule has 0 saturated carbocycles. The largest absolute Gasteiger partial charge is 0.714 e. The van der Waals surface area contributed by atoms with Crippen LogP contribution in [0, 0.1) is 5.21 Å². The average Bonchev–Trinajstić information content (AvgIpc) is 2.81. The molecule has 0 saturated heterocycles. The Morgan fingerprint density at radius 3 is 2.47 bits per heavy atom. The van der Waals surface area contributed by atoms with Crippen molar-refractivity contribution in [3.63, 3.8) is 0 Å². The molecule has 6 heteroatoms. The zero-order valence-corrected chi connectivity index (χ0v) is 12.2. The van der Waals surface area contributed by atoms with Gasteiger partial charge in [0.25, 0.3) is 0 Å². The molecule has 0 aromatic carbocycles. The Hall–Kier alpha value is -1.56. The Labute approximate surface area is 113 Å². The van der Waals surface area contributed by atoms with E-state index < -0.39 is 11.1 Å². The van der Waals surface area contributed by atoms with Crippen molar-refractivity contribution in [1.29, 1.82) is 0 Å². The van der Waals surface area contributed by atoms with E-state index in [0.29, 0.717) is 5.56 Å². The molecular weight excluding hydrogens is 244 g/mol. The van der Waals surface area contributed by atoms with E-state index in [0.717, 1.165) is 22.8 Å². The summed E-state index contributed by atoms with van der Waals surface area (Å²) in [5.41, 5.74) is -0.981. The summed E-state index contributed by atoms with van der Waals surface area (Å²) in [5, 5.41) is 29.8. The number of rotatable bonds is 3. The maximum Gasteiger partial charge on any atom is 0.319 e. The van der Waals surface area contributed by atoms with E-state index >= 15 is 0 Å². The first kappa shape index (κ1) is 13.9. The van der Waals surface area contributed by atoms with Gasteiger partial charge in [0.05, 0.1) is 6.20 Å². The highest BCUT2D eigenvalue weighted by Gasteiger charge is 2.60. The molecule has 0 aliphatic carbocycles. The third kappa shape index (κ3) is 1.82. The van der Waals surface area contributed by atoms with Gasteiger partial charge in [-0.3, -0.25) is 9.42 Å². The molecule has 105 valence electrons. The van der Waals surface area contributed by atoms with Crippen LogP contribution >= 0.6 is 0 Å². The maximum atomic E-state index is 12.4. The van der Waals surface area contributed by atoms with Crippen LogP contribution in [-0.4, -0.2) is 36.5 Å². The summed E-state index contributed by atoms with van der Waals surface area (Å²) in [6.45, 7) is 9.97. The van der Waals surface area contributed by atoms with E-state index in [-0.39, 0.29) is 5.84 Å². The highest BCUT2D eigenvalue weighted by Crippen LogP contribution is 2.37. The zero-order chi connectivity index (χ0) is 14.4. The first-order chi connectivity index (χ1) is 8.73. The fraction of sp³-hybridized carbons (Fsp3) is 0.692. The van der Waals surface area contributed by atoms with E-state index in [2.05, 4.69) is 12.0 Å². The molecule has 1 aromatic heterocycles. The number of hydrogen-bond acceptors (Lipinski definition) is 3.